The maximum Gasteiger partial charge on any atom is 0.408 e. The summed E-state index contributed by atoms with van der Waals surface area (Å²) in [5, 5.41) is 7.06. The second-order valence-corrected chi connectivity index (χ2v) is 9.51. The maximum absolute atomic E-state index is 14.7. The van der Waals surface area contributed by atoms with E-state index < -0.39 is 35.4 Å². The van der Waals surface area contributed by atoms with Gasteiger partial charge in [-0.3, -0.25) is 9.48 Å². The highest BCUT2D eigenvalue weighted by atomic mass is 19.1. The number of aromatic nitrogens is 2. The quantitative estimate of drug-likeness (QED) is 0.544. The molecule has 178 valence electrons. The highest BCUT2D eigenvalue weighted by molar-refractivity contribution is 5.86. The number of benzene rings is 2. The molecular weight excluding hydrogens is 440 g/mol. The Hall–Kier alpha value is -3.55. The van der Waals surface area contributed by atoms with Crippen LogP contribution in [0.2, 0.25) is 0 Å². The Morgan fingerprint density at radius 1 is 1.18 bits per heavy atom. The average Bonchev–Trinajstić information content (AvgIpc) is 3.37. The van der Waals surface area contributed by atoms with E-state index in [2.05, 4.69) is 10.4 Å². The molecule has 1 N–H and O–H groups in total. The van der Waals surface area contributed by atoms with Crippen LogP contribution in [0.3, 0.4) is 0 Å². The largest absolute Gasteiger partial charge is 0.444 e. The SMILES string of the molecule is CC(C)(C)OC(=O)N[C@H]1c2ccccc2C[C@@H]1CC(=O)C(c1ccc(F)cc1F)n1cccn1. The summed E-state index contributed by atoms with van der Waals surface area (Å²) in [4.78, 5) is 26.1. The standard InChI is InChI=1S/C26H27F2N3O3/c1-26(2,3)34-25(33)30-23-17(13-16-7-4-5-8-19(16)23)14-22(32)24(31-12-6-11-29-31)20-10-9-18(27)15-21(20)28/h4-12,15,17,23-24H,13-14H2,1-3H3,(H,30,33)/t17-,23-,24?/m1/s1. The van der Waals surface area contributed by atoms with Crippen LogP contribution in [-0.2, 0) is 16.0 Å². The molecule has 1 amide bonds. The first-order chi connectivity index (χ1) is 16.1. The molecule has 0 radical (unpaired) electrons. The number of nitrogens with zero attached hydrogens (tertiary/aromatic N) is 2. The molecule has 1 aliphatic carbocycles. The lowest BCUT2D eigenvalue weighted by Gasteiger charge is -2.26. The zero-order valence-electron chi connectivity index (χ0n) is 19.3. The highest BCUT2D eigenvalue weighted by Crippen LogP contribution is 2.39. The van der Waals surface area contributed by atoms with Crippen LogP contribution in [0.4, 0.5) is 13.6 Å². The molecule has 0 saturated heterocycles. The number of halogens is 2. The number of carbonyl (C=O) groups is 2. The fraction of sp³-hybridized carbons (Fsp3) is 0.346. The van der Waals surface area contributed by atoms with Crippen molar-refractivity contribution in [1.82, 2.24) is 15.1 Å². The number of nitrogens with one attached hydrogen (secondary N) is 1. The van der Waals surface area contributed by atoms with Crippen LogP contribution in [-0.4, -0.2) is 27.3 Å². The number of rotatable bonds is 6. The zero-order chi connectivity index (χ0) is 24.5. The van der Waals surface area contributed by atoms with Crippen LogP contribution in [0.25, 0.3) is 0 Å². The topological polar surface area (TPSA) is 73.2 Å². The molecule has 8 heteroatoms. The van der Waals surface area contributed by atoms with Crippen molar-refractivity contribution < 1.29 is 23.1 Å². The predicted molar refractivity (Wildman–Crippen MR) is 122 cm³/mol. The van der Waals surface area contributed by atoms with Gasteiger partial charge >= 0.3 is 6.09 Å². The van der Waals surface area contributed by atoms with Gasteiger partial charge in [-0.2, -0.15) is 5.10 Å². The van der Waals surface area contributed by atoms with Crippen molar-refractivity contribution in [3.63, 3.8) is 0 Å². The Bertz CT molecular complexity index is 1190. The summed E-state index contributed by atoms with van der Waals surface area (Å²) in [7, 11) is 0. The Kier molecular flexibility index (Phi) is 6.50. The smallest absolute Gasteiger partial charge is 0.408 e. The summed E-state index contributed by atoms with van der Waals surface area (Å²) in [5.74, 6) is -2.09. The third-order valence-electron chi connectivity index (χ3n) is 5.83. The number of hydrogen-bond acceptors (Lipinski definition) is 4. The minimum atomic E-state index is -1.05. The van der Waals surface area contributed by atoms with Gasteiger partial charge in [0.15, 0.2) is 5.78 Å². The van der Waals surface area contributed by atoms with Gasteiger partial charge < -0.3 is 10.1 Å². The monoisotopic (exact) mass is 467 g/mol. The molecular formula is C26H27F2N3O3. The summed E-state index contributed by atoms with van der Waals surface area (Å²) in [6.07, 6.45) is 3.13. The lowest BCUT2D eigenvalue weighted by molar-refractivity contribution is -0.122. The van der Waals surface area contributed by atoms with Gasteiger partial charge in [0.1, 0.15) is 23.3 Å². The van der Waals surface area contributed by atoms with E-state index in [0.717, 1.165) is 23.3 Å². The second kappa shape index (κ2) is 9.37. The molecule has 1 aliphatic rings. The van der Waals surface area contributed by atoms with E-state index in [0.29, 0.717) is 6.42 Å². The van der Waals surface area contributed by atoms with Crippen LogP contribution in [0.15, 0.2) is 60.9 Å². The molecule has 0 spiro atoms. The fourth-order valence-corrected chi connectivity index (χ4v) is 4.49. The number of fused-ring (bicyclic) bond motifs is 1. The number of carbonyl (C=O) groups excluding carboxylic acids is 2. The highest BCUT2D eigenvalue weighted by Gasteiger charge is 2.38. The summed E-state index contributed by atoms with van der Waals surface area (Å²) in [6, 6.07) is 11.0. The minimum absolute atomic E-state index is 0.0438. The predicted octanol–water partition coefficient (Wildman–Crippen LogP) is 5.15. The van der Waals surface area contributed by atoms with Crippen molar-refractivity contribution in [2.75, 3.05) is 0 Å². The fourth-order valence-electron chi connectivity index (χ4n) is 4.49. The molecule has 1 heterocycles. The molecule has 0 bridgehead atoms. The first kappa shape index (κ1) is 23.6. The van der Waals surface area contributed by atoms with E-state index in [4.69, 9.17) is 4.74 Å². The van der Waals surface area contributed by atoms with Gasteiger partial charge in [0, 0.05) is 30.4 Å². The van der Waals surface area contributed by atoms with Crippen molar-refractivity contribution in [2.24, 2.45) is 5.92 Å². The lowest BCUT2D eigenvalue weighted by atomic mass is 9.90. The first-order valence-corrected chi connectivity index (χ1v) is 11.2. The third kappa shape index (κ3) is 5.16. The van der Waals surface area contributed by atoms with Gasteiger partial charge in [0.2, 0.25) is 0 Å². The molecule has 34 heavy (non-hydrogen) atoms. The minimum Gasteiger partial charge on any atom is -0.444 e. The van der Waals surface area contributed by atoms with Crippen LogP contribution in [0.5, 0.6) is 0 Å². The van der Waals surface area contributed by atoms with E-state index in [-0.39, 0.29) is 23.7 Å². The number of hydrogen-bond donors (Lipinski definition) is 1. The van der Waals surface area contributed by atoms with E-state index in [9.17, 15) is 18.4 Å². The Morgan fingerprint density at radius 3 is 2.62 bits per heavy atom. The summed E-state index contributed by atoms with van der Waals surface area (Å²) in [5.41, 5.74) is 1.33. The van der Waals surface area contributed by atoms with Crippen molar-refractivity contribution in [1.29, 1.82) is 0 Å². The number of amides is 1. The van der Waals surface area contributed by atoms with Crippen LogP contribution < -0.4 is 5.32 Å². The van der Waals surface area contributed by atoms with Gasteiger partial charge in [-0.25, -0.2) is 13.6 Å². The third-order valence-corrected chi connectivity index (χ3v) is 5.83. The van der Waals surface area contributed by atoms with Gasteiger partial charge in [-0.1, -0.05) is 30.3 Å². The molecule has 2 aromatic carbocycles. The van der Waals surface area contributed by atoms with Gasteiger partial charge in [0.25, 0.3) is 0 Å². The van der Waals surface area contributed by atoms with Crippen molar-refractivity contribution in [3.05, 3.63) is 89.2 Å². The first-order valence-electron chi connectivity index (χ1n) is 11.2. The molecule has 1 aromatic heterocycles. The van der Waals surface area contributed by atoms with E-state index in [1.165, 1.54) is 16.9 Å². The molecule has 0 aliphatic heterocycles. The number of ketones is 1. The Balaban J connectivity index is 1.62. The lowest BCUT2D eigenvalue weighted by Crippen LogP contribution is -2.37. The van der Waals surface area contributed by atoms with Gasteiger partial charge in [-0.05, 0) is 56.4 Å². The van der Waals surface area contributed by atoms with E-state index in [1.54, 1.807) is 33.0 Å². The summed E-state index contributed by atoms with van der Waals surface area (Å²) in [6.45, 7) is 5.34. The molecule has 1 unspecified atom stereocenters. The van der Waals surface area contributed by atoms with Crippen molar-refractivity contribution in [2.45, 2.75) is 51.3 Å². The summed E-state index contributed by atoms with van der Waals surface area (Å²) < 4.78 is 35.0. The molecule has 3 aromatic rings. The molecule has 6 nitrogen and oxygen atoms in total. The van der Waals surface area contributed by atoms with E-state index >= 15 is 0 Å². The molecule has 0 fully saturated rings. The maximum atomic E-state index is 14.7. The van der Waals surface area contributed by atoms with Gasteiger partial charge in [-0.15, -0.1) is 0 Å². The zero-order valence-corrected chi connectivity index (χ0v) is 19.3. The van der Waals surface area contributed by atoms with Crippen LogP contribution in [0, 0.1) is 17.6 Å². The number of Topliss-reactive ketones (excluding diaryl/α,β-unsaturated/α-hetero) is 1. The molecule has 0 saturated carbocycles. The van der Waals surface area contributed by atoms with Crippen LogP contribution in [0.1, 0.15) is 56.0 Å². The van der Waals surface area contributed by atoms with Crippen molar-refractivity contribution in [3.8, 4) is 0 Å². The van der Waals surface area contributed by atoms with Crippen molar-refractivity contribution >= 4 is 11.9 Å². The Labute approximate surface area is 196 Å². The second-order valence-electron chi connectivity index (χ2n) is 9.51. The van der Waals surface area contributed by atoms with E-state index in [1.807, 2.05) is 24.3 Å². The molecule has 3 atom stereocenters. The van der Waals surface area contributed by atoms with Crippen LogP contribution >= 0.6 is 0 Å². The summed E-state index contributed by atoms with van der Waals surface area (Å²) >= 11 is 0. The normalized spacial score (nSPS) is 18.3. The number of ether oxygens (including phenoxy) is 1. The Morgan fingerprint density at radius 2 is 1.94 bits per heavy atom. The number of alkyl carbamates (subject to hydrolysis) is 1. The average molecular weight is 468 g/mol. The molecule has 4 rings (SSSR count). The van der Waals surface area contributed by atoms with Gasteiger partial charge in [0.05, 0.1) is 6.04 Å².